The van der Waals surface area contributed by atoms with E-state index >= 15 is 0 Å². The molecule has 98 valence electrons. The second-order valence-corrected chi connectivity index (χ2v) is 4.24. The lowest BCUT2D eigenvalue weighted by Gasteiger charge is -2.05. The molecule has 4 heteroatoms. The van der Waals surface area contributed by atoms with Crippen LogP contribution in [0.1, 0.15) is 23.7 Å². The van der Waals surface area contributed by atoms with Crippen molar-refractivity contribution < 1.29 is 4.79 Å². The van der Waals surface area contributed by atoms with Crippen molar-refractivity contribution in [3.8, 4) is 11.3 Å². The Morgan fingerprint density at radius 3 is 2.53 bits per heavy atom. The summed E-state index contributed by atoms with van der Waals surface area (Å²) < 4.78 is 0. The number of hydrogen-bond donors (Lipinski definition) is 2. The maximum Gasteiger partial charge on any atom is 0.261 e. The highest BCUT2D eigenvalue weighted by Crippen LogP contribution is 2.14. The Morgan fingerprint density at radius 2 is 1.89 bits per heavy atom. The average Bonchev–Trinajstić information content (AvgIpc) is 2.45. The number of pyridine rings is 1. The van der Waals surface area contributed by atoms with E-state index in [2.05, 4.69) is 10.3 Å². The minimum atomic E-state index is -0.366. The van der Waals surface area contributed by atoms with Crippen molar-refractivity contribution in [1.29, 1.82) is 0 Å². The highest BCUT2D eigenvalue weighted by molar-refractivity contribution is 5.94. The van der Waals surface area contributed by atoms with Crippen molar-refractivity contribution in [2.24, 2.45) is 0 Å². The summed E-state index contributed by atoms with van der Waals surface area (Å²) in [5.74, 6) is -0.331. The Hall–Kier alpha value is -2.36. The predicted octanol–water partition coefficient (Wildman–Crippen LogP) is 2.18. The molecule has 0 saturated heterocycles. The van der Waals surface area contributed by atoms with Gasteiger partial charge in [-0.2, -0.15) is 0 Å². The predicted molar refractivity (Wildman–Crippen MR) is 75.1 cm³/mol. The first-order valence-electron chi connectivity index (χ1n) is 6.29. The third-order valence-corrected chi connectivity index (χ3v) is 2.77. The highest BCUT2D eigenvalue weighted by Gasteiger charge is 2.10. The van der Waals surface area contributed by atoms with Gasteiger partial charge in [-0.1, -0.05) is 37.3 Å². The molecule has 19 heavy (non-hydrogen) atoms. The third kappa shape index (κ3) is 3.10. The lowest BCUT2D eigenvalue weighted by Crippen LogP contribution is -2.30. The van der Waals surface area contributed by atoms with Gasteiger partial charge in [0.15, 0.2) is 0 Å². The van der Waals surface area contributed by atoms with Crippen LogP contribution in [-0.2, 0) is 0 Å². The lowest BCUT2D eigenvalue weighted by molar-refractivity contribution is 0.0952. The lowest BCUT2D eigenvalue weighted by atomic mass is 10.1. The van der Waals surface area contributed by atoms with Crippen LogP contribution in [0.15, 0.2) is 47.3 Å². The van der Waals surface area contributed by atoms with E-state index in [1.807, 2.05) is 37.3 Å². The molecule has 1 heterocycles. The van der Waals surface area contributed by atoms with E-state index in [1.54, 1.807) is 12.1 Å². The van der Waals surface area contributed by atoms with Gasteiger partial charge in [-0.3, -0.25) is 9.59 Å². The standard InChI is InChI=1S/C15H16N2O2/c1-2-10-16-14(18)12-8-9-13(17-15(12)19)11-6-4-3-5-7-11/h3-9H,2,10H2,1H3,(H,16,18)(H,17,19). The van der Waals surface area contributed by atoms with Gasteiger partial charge < -0.3 is 10.3 Å². The van der Waals surface area contributed by atoms with Crippen molar-refractivity contribution in [2.75, 3.05) is 6.54 Å². The quantitative estimate of drug-likeness (QED) is 0.880. The molecule has 2 aromatic rings. The number of nitrogens with one attached hydrogen (secondary N) is 2. The van der Waals surface area contributed by atoms with Crippen LogP contribution in [-0.4, -0.2) is 17.4 Å². The minimum Gasteiger partial charge on any atom is -0.352 e. The maximum atomic E-state index is 11.9. The summed E-state index contributed by atoms with van der Waals surface area (Å²) in [6.45, 7) is 2.53. The van der Waals surface area contributed by atoms with E-state index in [4.69, 9.17) is 0 Å². The Labute approximate surface area is 111 Å². The first kappa shape index (κ1) is 13.1. The molecule has 0 saturated carbocycles. The van der Waals surface area contributed by atoms with Crippen LogP contribution in [0.2, 0.25) is 0 Å². The second-order valence-electron chi connectivity index (χ2n) is 4.24. The molecular formula is C15H16N2O2. The molecule has 2 N–H and O–H groups in total. The van der Waals surface area contributed by atoms with E-state index in [-0.39, 0.29) is 17.0 Å². The van der Waals surface area contributed by atoms with Crippen LogP contribution in [0.3, 0.4) is 0 Å². The summed E-state index contributed by atoms with van der Waals surface area (Å²) in [6.07, 6.45) is 0.839. The van der Waals surface area contributed by atoms with E-state index in [1.165, 1.54) is 0 Å². The third-order valence-electron chi connectivity index (χ3n) is 2.77. The van der Waals surface area contributed by atoms with Gasteiger partial charge in [0.05, 0.1) is 0 Å². The summed E-state index contributed by atoms with van der Waals surface area (Å²) in [6, 6.07) is 12.8. The normalized spacial score (nSPS) is 10.2. The molecule has 0 bridgehead atoms. The fourth-order valence-electron chi connectivity index (χ4n) is 1.77. The Morgan fingerprint density at radius 1 is 1.16 bits per heavy atom. The summed E-state index contributed by atoms with van der Waals surface area (Å²) in [7, 11) is 0. The topological polar surface area (TPSA) is 62.0 Å². The number of carbonyl (C=O) groups is 1. The van der Waals surface area contributed by atoms with E-state index < -0.39 is 0 Å². The number of H-pyrrole nitrogens is 1. The first-order chi connectivity index (χ1) is 9.22. The Kier molecular flexibility index (Phi) is 4.13. The fourth-order valence-corrected chi connectivity index (χ4v) is 1.77. The zero-order valence-electron chi connectivity index (χ0n) is 10.8. The van der Waals surface area contributed by atoms with Crippen LogP contribution >= 0.6 is 0 Å². The highest BCUT2D eigenvalue weighted by atomic mass is 16.2. The second kappa shape index (κ2) is 6.00. The molecule has 0 radical (unpaired) electrons. The summed E-state index contributed by atoms with van der Waals surface area (Å²) in [5, 5.41) is 2.69. The maximum absolute atomic E-state index is 11.9. The zero-order valence-corrected chi connectivity index (χ0v) is 10.8. The van der Waals surface area contributed by atoms with Gasteiger partial charge in [0.1, 0.15) is 5.56 Å². The van der Waals surface area contributed by atoms with Crippen molar-refractivity contribution in [3.63, 3.8) is 0 Å². The van der Waals surface area contributed by atoms with Crippen LogP contribution in [0.5, 0.6) is 0 Å². The number of rotatable bonds is 4. The molecule has 0 unspecified atom stereocenters. The summed E-state index contributed by atoms with van der Waals surface area (Å²) in [4.78, 5) is 26.4. The van der Waals surface area contributed by atoms with E-state index in [0.29, 0.717) is 12.2 Å². The van der Waals surface area contributed by atoms with Gasteiger partial charge in [0, 0.05) is 12.2 Å². The molecular weight excluding hydrogens is 240 g/mol. The molecule has 0 aliphatic carbocycles. The minimum absolute atomic E-state index is 0.146. The molecule has 0 aliphatic rings. The van der Waals surface area contributed by atoms with Gasteiger partial charge in [0.25, 0.3) is 11.5 Å². The van der Waals surface area contributed by atoms with Crippen molar-refractivity contribution in [1.82, 2.24) is 10.3 Å². The smallest absolute Gasteiger partial charge is 0.261 e. The monoisotopic (exact) mass is 256 g/mol. The number of aromatic amines is 1. The molecule has 0 aliphatic heterocycles. The van der Waals surface area contributed by atoms with Crippen molar-refractivity contribution >= 4 is 5.91 Å². The zero-order chi connectivity index (χ0) is 13.7. The largest absolute Gasteiger partial charge is 0.352 e. The molecule has 1 aromatic heterocycles. The van der Waals surface area contributed by atoms with E-state index in [9.17, 15) is 9.59 Å². The number of hydrogen-bond acceptors (Lipinski definition) is 2. The summed E-state index contributed by atoms with van der Waals surface area (Å²) >= 11 is 0. The van der Waals surface area contributed by atoms with Gasteiger partial charge in [-0.25, -0.2) is 0 Å². The van der Waals surface area contributed by atoms with E-state index in [0.717, 1.165) is 12.0 Å². The van der Waals surface area contributed by atoms with Crippen LogP contribution in [0, 0.1) is 0 Å². The molecule has 0 spiro atoms. The van der Waals surface area contributed by atoms with Gasteiger partial charge in [-0.05, 0) is 24.1 Å². The van der Waals surface area contributed by atoms with Gasteiger partial charge in [-0.15, -0.1) is 0 Å². The molecule has 0 atom stereocenters. The van der Waals surface area contributed by atoms with Gasteiger partial charge in [0.2, 0.25) is 0 Å². The summed E-state index contributed by atoms with van der Waals surface area (Å²) in [5.41, 5.74) is 1.40. The molecule has 0 fully saturated rings. The number of carbonyl (C=O) groups excluding carboxylic acids is 1. The number of amides is 1. The van der Waals surface area contributed by atoms with Crippen LogP contribution in [0.25, 0.3) is 11.3 Å². The first-order valence-corrected chi connectivity index (χ1v) is 6.29. The van der Waals surface area contributed by atoms with Crippen molar-refractivity contribution in [3.05, 3.63) is 58.4 Å². The Balaban J connectivity index is 2.28. The average molecular weight is 256 g/mol. The molecule has 4 nitrogen and oxygen atoms in total. The molecule has 2 rings (SSSR count). The van der Waals surface area contributed by atoms with Crippen molar-refractivity contribution in [2.45, 2.75) is 13.3 Å². The fraction of sp³-hybridized carbons (Fsp3) is 0.200. The number of benzene rings is 1. The Bertz CT molecular complexity index is 618. The van der Waals surface area contributed by atoms with Gasteiger partial charge >= 0.3 is 0 Å². The number of aromatic nitrogens is 1. The van der Waals surface area contributed by atoms with Crippen LogP contribution in [0.4, 0.5) is 0 Å². The molecule has 1 aromatic carbocycles. The molecule has 1 amide bonds. The SMILES string of the molecule is CCCNC(=O)c1ccc(-c2ccccc2)[nH]c1=O. The van der Waals surface area contributed by atoms with Crippen LogP contribution < -0.4 is 10.9 Å².